The lowest BCUT2D eigenvalue weighted by Crippen LogP contribution is -2.60. The van der Waals surface area contributed by atoms with E-state index in [0.717, 1.165) is 130 Å². The van der Waals surface area contributed by atoms with E-state index in [1.54, 1.807) is 177 Å². The Balaban J connectivity index is 0.780. The maximum Gasteiger partial charge on any atom is 0.00794 e. The maximum absolute atomic E-state index is 2.74. The molecule has 0 N–H and O–H groups in total. The second-order valence-electron chi connectivity index (χ2n) is 30.6. The highest BCUT2D eigenvalue weighted by atomic mass is 32.1. The van der Waals surface area contributed by atoms with Crippen LogP contribution in [0.2, 0.25) is 0 Å². The Hall–Kier alpha value is -0.600. The molecule has 0 amide bonds. The third kappa shape index (κ3) is 10.3. The molecule has 12 fully saturated rings. The Morgan fingerprint density at radius 2 is 0.446 bits per heavy atom. The van der Waals surface area contributed by atoms with Gasteiger partial charge in [0.1, 0.15) is 0 Å². The van der Waals surface area contributed by atoms with Gasteiger partial charge >= 0.3 is 0 Å². The smallest absolute Gasteiger partial charge is 0.00794 e. The normalized spacial score (nSPS) is 44.4. The van der Waals surface area contributed by atoms with Crippen LogP contribution in [-0.4, -0.2) is 0 Å². The molecule has 0 spiro atoms. The molecule has 0 aromatic carbocycles. The van der Waals surface area contributed by atoms with Crippen molar-refractivity contribution in [3.8, 4) is 0 Å². The molecule has 0 aliphatic heterocycles. The molecule has 74 heavy (non-hydrogen) atoms. The predicted octanol–water partition coefficient (Wildman–Crippen LogP) is 22.5. The quantitative estimate of drug-likeness (QED) is 0.235. The Kier molecular flexibility index (Phi) is 16.3. The lowest BCUT2D eigenvalue weighted by Gasteiger charge is -2.66. The predicted molar refractivity (Wildman–Crippen MR) is 316 cm³/mol. The summed E-state index contributed by atoms with van der Waals surface area (Å²) in [6.45, 7) is 0. The van der Waals surface area contributed by atoms with Crippen molar-refractivity contribution in [1.29, 1.82) is 0 Å². The van der Waals surface area contributed by atoms with Crippen LogP contribution in [0.5, 0.6) is 0 Å². The third-order valence-corrected chi connectivity index (χ3v) is 30.1. The van der Waals surface area contributed by atoms with E-state index in [1.165, 1.54) is 103 Å². The highest BCUT2D eigenvalue weighted by molar-refractivity contribution is 7.12. The molecular weight excluding hydrogens is 929 g/mol. The van der Waals surface area contributed by atoms with Crippen molar-refractivity contribution in [3.63, 3.8) is 0 Å². The van der Waals surface area contributed by atoms with Crippen LogP contribution in [0, 0.1) is 107 Å². The van der Waals surface area contributed by atoms with Crippen LogP contribution in [0.15, 0.2) is 24.3 Å². The number of hydrogen-bond donors (Lipinski definition) is 0. The van der Waals surface area contributed by atoms with Crippen molar-refractivity contribution in [2.75, 3.05) is 0 Å². The van der Waals surface area contributed by atoms with Gasteiger partial charge in [0.25, 0.3) is 0 Å². The average Bonchev–Trinajstić information content (AvgIpc) is 4.19. The minimum atomic E-state index is 0.863. The first-order chi connectivity index (χ1) is 36.7. The zero-order valence-electron chi connectivity index (χ0n) is 47.5. The summed E-state index contributed by atoms with van der Waals surface area (Å²) in [5.41, 5.74) is 0. The lowest BCUT2D eigenvalue weighted by atomic mass is 9.39. The fraction of sp³-hybridized carbons (Fsp3) is 0.889. The minimum Gasteiger partial charge on any atom is -0.145 e. The molecule has 410 valence electrons. The molecule has 0 saturated heterocycles. The van der Waals surface area contributed by atoms with Crippen molar-refractivity contribution in [2.24, 2.45) is 107 Å². The van der Waals surface area contributed by atoms with E-state index in [0.29, 0.717) is 0 Å². The zero-order valence-corrected chi connectivity index (χ0v) is 49.2. The first kappa shape index (κ1) is 51.5. The fourth-order valence-electron chi connectivity index (χ4n) is 24.7. The Morgan fingerprint density at radius 1 is 0.203 bits per heavy atom. The monoisotopic (exact) mass is 1040 g/mol. The molecule has 12 aliphatic rings. The summed E-state index contributed by atoms with van der Waals surface area (Å²) in [4.78, 5) is 7.32. The summed E-state index contributed by atoms with van der Waals surface area (Å²) in [6.07, 6.45) is 65.4. The van der Waals surface area contributed by atoms with Gasteiger partial charge in [0.15, 0.2) is 0 Å². The molecule has 2 aromatic heterocycles. The lowest BCUT2D eigenvalue weighted by molar-refractivity contribution is -0.176. The summed E-state index contributed by atoms with van der Waals surface area (Å²) in [7, 11) is 0. The third-order valence-electron chi connectivity index (χ3n) is 27.3. The summed E-state index contributed by atoms with van der Waals surface area (Å²) in [5.74, 6) is 22.4. The van der Waals surface area contributed by atoms with Gasteiger partial charge in [-0.3, -0.25) is 0 Å². The van der Waals surface area contributed by atoms with Crippen LogP contribution in [-0.2, 0) is 0 Å². The van der Waals surface area contributed by atoms with E-state index >= 15 is 0 Å². The molecule has 12 aliphatic carbocycles. The number of fused-ring (bicyclic) bond motifs is 4. The number of hydrogen-bond acceptors (Lipinski definition) is 2. The van der Waals surface area contributed by atoms with Crippen LogP contribution in [0.3, 0.4) is 0 Å². The van der Waals surface area contributed by atoms with Crippen LogP contribution in [0.4, 0.5) is 0 Å². The molecule has 12 saturated carbocycles. The van der Waals surface area contributed by atoms with Gasteiger partial charge in [-0.15, -0.1) is 22.7 Å². The van der Waals surface area contributed by atoms with E-state index in [9.17, 15) is 0 Å². The van der Waals surface area contributed by atoms with Gasteiger partial charge in [-0.2, -0.15) is 0 Å². The number of rotatable bonds is 9. The maximum atomic E-state index is 2.74. The molecule has 2 aromatic rings. The van der Waals surface area contributed by atoms with Crippen molar-refractivity contribution in [2.45, 2.75) is 293 Å². The second kappa shape index (κ2) is 23.5. The van der Waals surface area contributed by atoms with Crippen molar-refractivity contribution >= 4 is 22.7 Å². The standard InChI is InChI=1S/C72H110S2/c1-5-21-47(22-6-1)51-41-53(67-39-37-65(73-67)49-25-9-3-10-26-49)45-55(43-51)69-57-29-13-17-33-61(57)71(62-34-18-14-30-58(62)69)72-63-35-19-15-31-59(63)70(60-32-16-20-36-64(60)72)56-44-52(48-23-7-2-8-24-48)42-54(46-56)68-40-38-66(74-68)50-27-11-4-12-28-50/h37-40,47-64,69-72H,1-36,41-46H2. The SMILES string of the molecule is c1cc(C2CC(C3CCCCC3)CC(C3C4CCCCC4C(C4C5CCCCC5C(C5CC(c6ccc(C7CCCCC7)s6)CC(C6CCCCC6)C5)C5CCCCC54)C4CCCCC43)C2)sc1C1CCCCC1. The summed E-state index contributed by atoms with van der Waals surface area (Å²) in [5, 5.41) is 0. The summed E-state index contributed by atoms with van der Waals surface area (Å²) < 4.78 is 0. The van der Waals surface area contributed by atoms with E-state index in [1.807, 2.05) is 9.75 Å². The topological polar surface area (TPSA) is 0 Å². The first-order valence-electron chi connectivity index (χ1n) is 34.9. The van der Waals surface area contributed by atoms with Crippen molar-refractivity contribution in [1.82, 2.24) is 0 Å². The molecule has 2 heteroatoms. The van der Waals surface area contributed by atoms with E-state index < -0.39 is 0 Å². The second-order valence-corrected chi connectivity index (χ2v) is 32.8. The van der Waals surface area contributed by atoms with Crippen molar-refractivity contribution in [3.05, 3.63) is 43.8 Å². The van der Waals surface area contributed by atoms with E-state index in [4.69, 9.17) is 0 Å². The Bertz CT molecular complexity index is 1870. The largest absolute Gasteiger partial charge is 0.145 e. The number of thiophene rings is 2. The Labute approximate surface area is 463 Å². The average molecular weight is 1040 g/mol. The molecule has 0 nitrogen and oxygen atoms in total. The minimum absolute atomic E-state index is 0.863. The van der Waals surface area contributed by atoms with Crippen LogP contribution in [0.25, 0.3) is 0 Å². The molecule has 0 bridgehead atoms. The summed E-state index contributed by atoms with van der Waals surface area (Å²) >= 11 is 4.70. The first-order valence-corrected chi connectivity index (χ1v) is 36.5. The molecule has 14 rings (SSSR count). The highest BCUT2D eigenvalue weighted by Crippen LogP contribution is 2.69. The fourth-order valence-corrected chi connectivity index (χ4v) is 27.3. The van der Waals surface area contributed by atoms with Gasteiger partial charge in [0.2, 0.25) is 0 Å². The van der Waals surface area contributed by atoms with Gasteiger partial charge in [-0.05, 0) is 270 Å². The van der Waals surface area contributed by atoms with Gasteiger partial charge < -0.3 is 0 Å². The van der Waals surface area contributed by atoms with E-state index in [-0.39, 0.29) is 0 Å². The van der Waals surface area contributed by atoms with Gasteiger partial charge in [-0.25, -0.2) is 0 Å². The molecule has 2 heterocycles. The van der Waals surface area contributed by atoms with E-state index in [2.05, 4.69) is 46.9 Å². The molecule has 14 atom stereocenters. The highest BCUT2D eigenvalue weighted by Gasteiger charge is 2.62. The van der Waals surface area contributed by atoms with Gasteiger partial charge in [0.05, 0.1) is 0 Å². The van der Waals surface area contributed by atoms with Crippen LogP contribution >= 0.6 is 22.7 Å². The summed E-state index contributed by atoms with van der Waals surface area (Å²) in [6, 6.07) is 10.8. The zero-order chi connectivity index (χ0) is 49.0. The van der Waals surface area contributed by atoms with Crippen LogP contribution < -0.4 is 0 Å². The van der Waals surface area contributed by atoms with Gasteiger partial charge in [-0.1, -0.05) is 154 Å². The Morgan fingerprint density at radius 3 is 0.757 bits per heavy atom. The van der Waals surface area contributed by atoms with Gasteiger partial charge in [0, 0.05) is 19.5 Å². The molecule has 0 radical (unpaired) electrons. The van der Waals surface area contributed by atoms with Crippen molar-refractivity contribution < 1.29 is 0 Å². The molecular formula is C72H110S2. The molecule has 14 unspecified atom stereocenters. The van der Waals surface area contributed by atoms with Crippen LogP contribution in [0.1, 0.15) is 313 Å².